The molecule has 1 heterocycles. The van der Waals surface area contributed by atoms with Gasteiger partial charge in [-0.2, -0.15) is 4.98 Å². The van der Waals surface area contributed by atoms with Gasteiger partial charge in [-0.05, 0) is 44.0 Å². The summed E-state index contributed by atoms with van der Waals surface area (Å²) >= 11 is 12.3. The molecule has 2 aromatic rings. The Morgan fingerprint density at radius 2 is 1.86 bits per heavy atom. The van der Waals surface area contributed by atoms with Crippen molar-refractivity contribution in [3.8, 4) is 17.4 Å². The second-order valence-corrected chi connectivity index (χ2v) is 5.66. The van der Waals surface area contributed by atoms with Gasteiger partial charge >= 0.3 is 11.6 Å². The molecule has 21 heavy (non-hydrogen) atoms. The second kappa shape index (κ2) is 6.54. The number of hydrogen-bond donors (Lipinski definition) is 0. The van der Waals surface area contributed by atoms with E-state index in [0.29, 0.717) is 20.4 Å². The van der Waals surface area contributed by atoms with E-state index in [1.54, 1.807) is 12.1 Å². The van der Waals surface area contributed by atoms with Crippen molar-refractivity contribution in [2.45, 2.75) is 0 Å². The van der Waals surface area contributed by atoms with Crippen LogP contribution in [0.2, 0.25) is 5.15 Å². The van der Waals surface area contributed by atoms with Gasteiger partial charge in [0, 0.05) is 0 Å². The van der Waals surface area contributed by atoms with Crippen molar-refractivity contribution in [1.29, 1.82) is 0 Å². The zero-order chi connectivity index (χ0) is 15.6. The Morgan fingerprint density at radius 1 is 1.24 bits per heavy atom. The molecule has 2 rings (SSSR count). The molecule has 0 atom stereocenters. The number of hydrogen-bond acceptors (Lipinski definition) is 6. The van der Waals surface area contributed by atoms with Gasteiger partial charge in [0.05, 0.1) is 21.0 Å². The van der Waals surface area contributed by atoms with E-state index in [9.17, 15) is 10.1 Å². The fourth-order valence-electron chi connectivity index (χ4n) is 1.42. The molecule has 1 aromatic heterocycles. The van der Waals surface area contributed by atoms with Crippen molar-refractivity contribution >= 4 is 49.1 Å². The first-order valence-corrected chi connectivity index (χ1v) is 7.26. The summed E-state index contributed by atoms with van der Waals surface area (Å²) in [7, 11) is 1.52. The van der Waals surface area contributed by atoms with E-state index in [2.05, 4.69) is 41.8 Å². The Labute approximate surface area is 140 Å². The molecule has 0 spiro atoms. The highest BCUT2D eigenvalue weighted by Gasteiger charge is 2.24. The molecule has 0 aliphatic heterocycles. The molecule has 7 nitrogen and oxygen atoms in total. The van der Waals surface area contributed by atoms with Crippen LogP contribution in [0.25, 0.3) is 0 Å². The minimum Gasteiger partial charge on any atom is -0.496 e. The molecule has 10 heteroatoms. The minimum absolute atomic E-state index is 0.252. The summed E-state index contributed by atoms with van der Waals surface area (Å²) in [5.74, 6) is 0.628. The Morgan fingerprint density at radius 3 is 2.48 bits per heavy atom. The lowest BCUT2D eigenvalue weighted by molar-refractivity contribution is -0.386. The number of ether oxygens (including phenoxy) is 2. The molecule has 0 N–H and O–H groups in total. The van der Waals surface area contributed by atoms with Crippen molar-refractivity contribution in [3.05, 3.63) is 42.7 Å². The van der Waals surface area contributed by atoms with Crippen LogP contribution in [0.5, 0.6) is 17.4 Å². The van der Waals surface area contributed by atoms with E-state index in [1.165, 1.54) is 7.11 Å². The van der Waals surface area contributed by atoms with E-state index in [1.807, 2.05) is 0 Å². The second-order valence-electron chi connectivity index (χ2n) is 3.59. The maximum Gasteiger partial charge on any atom is 0.368 e. The van der Waals surface area contributed by atoms with Crippen LogP contribution < -0.4 is 9.47 Å². The molecule has 0 unspecified atom stereocenters. The van der Waals surface area contributed by atoms with Crippen LogP contribution in [0.15, 0.2) is 27.4 Å². The van der Waals surface area contributed by atoms with Crippen molar-refractivity contribution in [2.24, 2.45) is 0 Å². The van der Waals surface area contributed by atoms with E-state index in [-0.39, 0.29) is 11.0 Å². The lowest BCUT2D eigenvalue weighted by Crippen LogP contribution is -1.99. The molecule has 1 aromatic carbocycles. The average molecular weight is 439 g/mol. The van der Waals surface area contributed by atoms with Crippen molar-refractivity contribution in [2.75, 3.05) is 7.11 Å². The standard InChI is InChI=1S/C11H6Br2ClN3O4/c1-20-7-2-6(13)8(3-5(7)12)21-11-9(17(18)19)10(14)15-4-16-11/h2-4H,1H3. The summed E-state index contributed by atoms with van der Waals surface area (Å²) in [5.41, 5.74) is -0.502. The molecule has 0 aliphatic rings. The van der Waals surface area contributed by atoms with E-state index >= 15 is 0 Å². The summed E-state index contributed by atoms with van der Waals surface area (Å²) < 4.78 is 11.7. The monoisotopic (exact) mass is 437 g/mol. The highest BCUT2D eigenvalue weighted by molar-refractivity contribution is 9.11. The molecular weight excluding hydrogens is 433 g/mol. The first kappa shape index (κ1) is 15.9. The maximum absolute atomic E-state index is 11.0. The Hall–Kier alpha value is -1.45. The Kier molecular flexibility index (Phi) is 4.96. The van der Waals surface area contributed by atoms with Gasteiger partial charge in [0.25, 0.3) is 0 Å². The highest BCUT2D eigenvalue weighted by atomic mass is 79.9. The SMILES string of the molecule is COc1cc(Br)c(Oc2ncnc(Cl)c2[N+](=O)[O-])cc1Br. The van der Waals surface area contributed by atoms with Crippen molar-refractivity contribution in [3.63, 3.8) is 0 Å². The third-order valence-corrected chi connectivity index (χ3v) is 3.86. The third kappa shape index (κ3) is 3.42. The average Bonchev–Trinajstić information content (AvgIpc) is 2.42. The first-order chi connectivity index (χ1) is 9.93. The molecule has 0 aliphatic carbocycles. The van der Waals surface area contributed by atoms with Gasteiger partial charge in [-0.15, -0.1) is 0 Å². The van der Waals surface area contributed by atoms with Gasteiger partial charge in [-0.3, -0.25) is 10.1 Å². The molecule has 0 saturated carbocycles. The predicted molar refractivity (Wildman–Crippen MR) is 82.2 cm³/mol. The summed E-state index contributed by atoms with van der Waals surface area (Å²) in [6.45, 7) is 0. The molecule has 0 radical (unpaired) electrons. The topological polar surface area (TPSA) is 87.4 Å². The largest absolute Gasteiger partial charge is 0.496 e. The Bertz CT molecular complexity index is 714. The number of aromatic nitrogens is 2. The Balaban J connectivity index is 2.46. The molecule has 0 fully saturated rings. The number of nitrogens with zero attached hydrogens (tertiary/aromatic N) is 3. The van der Waals surface area contributed by atoms with E-state index < -0.39 is 10.6 Å². The van der Waals surface area contributed by atoms with Crippen LogP contribution in [0, 0.1) is 10.1 Å². The highest BCUT2D eigenvalue weighted by Crippen LogP contribution is 2.40. The molecule has 0 bridgehead atoms. The first-order valence-electron chi connectivity index (χ1n) is 5.29. The fourth-order valence-corrected chi connectivity index (χ4v) is 2.50. The van der Waals surface area contributed by atoms with Gasteiger partial charge in [0.15, 0.2) is 0 Å². The zero-order valence-electron chi connectivity index (χ0n) is 10.3. The van der Waals surface area contributed by atoms with Gasteiger partial charge < -0.3 is 9.47 Å². The van der Waals surface area contributed by atoms with Crippen LogP contribution in [0.4, 0.5) is 5.69 Å². The number of benzene rings is 1. The molecule has 0 amide bonds. The van der Waals surface area contributed by atoms with Crippen LogP contribution >= 0.6 is 43.5 Å². The number of rotatable bonds is 4. The normalized spacial score (nSPS) is 10.3. The summed E-state index contributed by atoms with van der Waals surface area (Å²) in [6, 6.07) is 3.23. The van der Waals surface area contributed by atoms with Crippen LogP contribution in [0.3, 0.4) is 0 Å². The van der Waals surface area contributed by atoms with Gasteiger partial charge in [0.2, 0.25) is 5.15 Å². The fraction of sp³-hybridized carbons (Fsp3) is 0.0909. The van der Waals surface area contributed by atoms with Crippen LogP contribution in [-0.2, 0) is 0 Å². The number of nitro groups is 1. The predicted octanol–water partition coefficient (Wildman–Crippen LogP) is 4.36. The van der Waals surface area contributed by atoms with Crippen molar-refractivity contribution < 1.29 is 14.4 Å². The van der Waals surface area contributed by atoms with E-state index in [4.69, 9.17) is 21.1 Å². The molecule has 110 valence electrons. The van der Waals surface area contributed by atoms with Gasteiger partial charge in [-0.25, -0.2) is 4.98 Å². The van der Waals surface area contributed by atoms with Crippen LogP contribution in [-0.4, -0.2) is 22.0 Å². The third-order valence-electron chi connectivity index (χ3n) is 2.34. The molecular formula is C11H6Br2ClN3O4. The summed E-state index contributed by atoms with van der Waals surface area (Å²) in [6.07, 6.45) is 1.08. The van der Waals surface area contributed by atoms with Crippen LogP contribution in [0.1, 0.15) is 0 Å². The van der Waals surface area contributed by atoms with E-state index in [0.717, 1.165) is 6.33 Å². The maximum atomic E-state index is 11.0. The summed E-state index contributed by atoms with van der Waals surface area (Å²) in [4.78, 5) is 17.6. The van der Waals surface area contributed by atoms with Crippen molar-refractivity contribution in [1.82, 2.24) is 9.97 Å². The minimum atomic E-state index is -0.704. The lowest BCUT2D eigenvalue weighted by atomic mass is 10.3. The number of methoxy groups -OCH3 is 1. The zero-order valence-corrected chi connectivity index (χ0v) is 14.3. The quantitative estimate of drug-likeness (QED) is 0.400. The van der Waals surface area contributed by atoms with Gasteiger partial charge in [0.1, 0.15) is 17.8 Å². The smallest absolute Gasteiger partial charge is 0.368 e. The van der Waals surface area contributed by atoms with Gasteiger partial charge in [-0.1, -0.05) is 11.6 Å². The number of halogens is 3. The molecule has 0 saturated heterocycles. The summed E-state index contributed by atoms with van der Waals surface area (Å²) in [5, 5.41) is 10.7. The lowest BCUT2D eigenvalue weighted by Gasteiger charge is -2.10.